The van der Waals surface area contributed by atoms with Crippen LogP contribution >= 0.6 is 23.4 Å². The number of carbonyl (C=O) groups excluding carboxylic acids is 1. The average molecular weight is 361 g/mol. The van der Waals surface area contributed by atoms with Crippen LogP contribution in [0.25, 0.3) is 0 Å². The number of nitrogens with zero attached hydrogens (tertiary/aromatic N) is 2. The van der Waals surface area contributed by atoms with E-state index in [-0.39, 0.29) is 0 Å². The van der Waals surface area contributed by atoms with Gasteiger partial charge >= 0.3 is 5.97 Å². The first-order valence-electron chi connectivity index (χ1n) is 7.11. The summed E-state index contributed by atoms with van der Waals surface area (Å²) in [6.45, 7) is 1.73. The molecule has 3 aromatic rings. The normalized spacial score (nSPS) is 10.6. The van der Waals surface area contributed by atoms with Gasteiger partial charge in [-0.3, -0.25) is 0 Å². The topological polar surface area (TPSA) is 65.2 Å². The summed E-state index contributed by atoms with van der Waals surface area (Å²) in [7, 11) is 0. The largest absolute Gasteiger partial charge is 0.421 e. The molecule has 0 atom stereocenters. The minimum Gasteiger partial charge on any atom is -0.421 e. The molecule has 0 spiro atoms. The quantitative estimate of drug-likeness (QED) is 0.378. The number of benzene rings is 2. The molecule has 1 aromatic heterocycles. The lowest BCUT2D eigenvalue weighted by atomic mass is 10.2. The highest BCUT2D eigenvalue weighted by Crippen LogP contribution is 2.28. The Labute approximate surface area is 148 Å². The molecule has 0 saturated heterocycles. The van der Waals surface area contributed by atoms with E-state index in [4.69, 9.17) is 20.9 Å². The van der Waals surface area contributed by atoms with Gasteiger partial charge in [0.15, 0.2) is 5.82 Å². The fourth-order valence-electron chi connectivity index (χ4n) is 1.99. The second kappa shape index (κ2) is 7.51. The van der Waals surface area contributed by atoms with Crippen LogP contribution in [0.3, 0.4) is 0 Å². The smallest absolute Gasteiger partial charge is 0.344 e. The standard InChI is InChI=1S/C17H13ClN2O3S/c1-11-19-16(20-23-11)10-24-15-9-5-2-6-12(15)17(21)22-14-8-4-3-7-13(14)18/h2-9H,10H2,1H3. The Morgan fingerprint density at radius 1 is 1.21 bits per heavy atom. The summed E-state index contributed by atoms with van der Waals surface area (Å²) in [6.07, 6.45) is 0. The first kappa shape index (κ1) is 16.5. The first-order valence-corrected chi connectivity index (χ1v) is 8.47. The molecule has 1 heterocycles. The van der Waals surface area contributed by atoms with E-state index in [1.165, 1.54) is 11.8 Å². The molecule has 0 unspecified atom stereocenters. The Morgan fingerprint density at radius 2 is 1.96 bits per heavy atom. The maximum absolute atomic E-state index is 12.5. The van der Waals surface area contributed by atoms with E-state index in [9.17, 15) is 4.79 Å². The van der Waals surface area contributed by atoms with Crippen molar-refractivity contribution in [2.24, 2.45) is 0 Å². The molecule has 2 aromatic carbocycles. The van der Waals surface area contributed by atoms with E-state index >= 15 is 0 Å². The zero-order chi connectivity index (χ0) is 16.9. The number of halogens is 1. The van der Waals surface area contributed by atoms with Crippen molar-refractivity contribution in [2.45, 2.75) is 17.6 Å². The summed E-state index contributed by atoms with van der Waals surface area (Å²) in [5.41, 5.74) is 0.461. The Bertz CT molecular complexity index is 866. The molecule has 24 heavy (non-hydrogen) atoms. The van der Waals surface area contributed by atoms with Crippen LogP contribution in [0.4, 0.5) is 0 Å². The Balaban J connectivity index is 1.75. The van der Waals surface area contributed by atoms with Crippen molar-refractivity contribution in [2.75, 3.05) is 0 Å². The summed E-state index contributed by atoms with van der Waals surface area (Å²) >= 11 is 7.47. The number of aromatic nitrogens is 2. The number of para-hydroxylation sites is 1. The number of carbonyl (C=O) groups is 1. The highest BCUT2D eigenvalue weighted by molar-refractivity contribution is 7.98. The third kappa shape index (κ3) is 3.96. The van der Waals surface area contributed by atoms with Crippen molar-refractivity contribution >= 4 is 29.3 Å². The van der Waals surface area contributed by atoms with Gasteiger partial charge in [-0.2, -0.15) is 4.98 Å². The lowest BCUT2D eigenvalue weighted by Gasteiger charge is -2.09. The molecular weight excluding hydrogens is 348 g/mol. The van der Waals surface area contributed by atoms with Crippen molar-refractivity contribution in [3.05, 3.63) is 70.8 Å². The third-order valence-electron chi connectivity index (χ3n) is 3.07. The van der Waals surface area contributed by atoms with Crippen LogP contribution in [-0.2, 0) is 5.75 Å². The second-order valence-electron chi connectivity index (χ2n) is 4.83. The minimum absolute atomic E-state index is 0.331. The lowest BCUT2D eigenvalue weighted by Crippen LogP contribution is -2.10. The first-order chi connectivity index (χ1) is 11.6. The molecule has 0 fully saturated rings. The van der Waals surface area contributed by atoms with Gasteiger partial charge in [0.25, 0.3) is 0 Å². The summed E-state index contributed by atoms with van der Waals surface area (Å²) < 4.78 is 10.3. The number of hydrogen-bond donors (Lipinski definition) is 0. The summed E-state index contributed by atoms with van der Waals surface area (Å²) in [4.78, 5) is 17.4. The van der Waals surface area contributed by atoms with E-state index in [1.807, 2.05) is 12.1 Å². The average Bonchev–Trinajstić information content (AvgIpc) is 3.01. The van der Waals surface area contributed by atoms with Crippen molar-refractivity contribution in [3.63, 3.8) is 0 Å². The van der Waals surface area contributed by atoms with E-state index in [0.717, 1.165) is 4.90 Å². The molecule has 0 saturated carbocycles. The summed E-state index contributed by atoms with van der Waals surface area (Å²) in [5, 5.41) is 4.23. The maximum atomic E-state index is 12.5. The Hall–Kier alpha value is -2.31. The molecule has 7 heteroatoms. The van der Waals surface area contributed by atoms with E-state index < -0.39 is 5.97 Å². The predicted molar refractivity (Wildman–Crippen MR) is 91.4 cm³/mol. The van der Waals surface area contributed by atoms with Gasteiger partial charge in [0.05, 0.1) is 16.3 Å². The van der Waals surface area contributed by atoms with Gasteiger partial charge in [0.2, 0.25) is 5.89 Å². The number of thioether (sulfide) groups is 1. The van der Waals surface area contributed by atoms with Gasteiger partial charge < -0.3 is 9.26 Å². The Morgan fingerprint density at radius 3 is 2.71 bits per heavy atom. The van der Waals surface area contributed by atoms with Gasteiger partial charge in [0, 0.05) is 11.8 Å². The lowest BCUT2D eigenvalue weighted by molar-refractivity contribution is 0.0731. The molecule has 122 valence electrons. The Kier molecular flexibility index (Phi) is 5.17. The van der Waals surface area contributed by atoms with E-state index in [1.54, 1.807) is 43.3 Å². The second-order valence-corrected chi connectivity index (χ2v) is 6.26. The fraction of sp³-hybridized carbons (Fsp3) is 0.118. The molecule has 0 bridgehead atoms. The molecule has 0 amide bonds. The highest BCUT2D eigenvalue weighted by atomic mass is 35.5. The fourth-order valence-corrected chi connectivity index (χ4v) is 3.04. The molecule has 0 aliphatic rings. The van der Waals surface area contributed by atoms with Crippen molar-refractivity contribution in [1.82, 2.24) is 10.1 Å². The van der Waals surface area contributed by atoms with Gasteiger partial charge in [-0.25, -0.2) is 4.79 Å². The number of esters is 1. The number of rotatable bonds is 5. The van der Waals surface area contributed by atoms with E-state index in [2.05, 4.69) is 10.1 Å². The van der Waals surface area contributed by atoms with Crippen LogP contribution in [0, 0.1) is 6.92 Å². The number of aryl methyl sites for hydroxylation is 1. The van der Waals surface area contributed by atoms with Gasteiger partial charge in [-0.15, -0.1) is 11.8 Å². The van der Waals surface area contributed by atoms with Crippen LogP contribution in [0.2, 0.25) is 5.02 Å². The number of hydrogen-bond acceptors (Lipinski definition) is 6. The van der Waals surface area contributed by atoms with Gasteiger partial charge in [-0.1, -0.05) is 41.0 Å². The predicted octanol–water partition coefficient (Wildman–Crippen LogP) is 4.54. The zero-order valence-corrected chi connectivity index (χ0v) is 14.3. The molecule has 0 radical (unpaired) electrons. The van der Waals surface area contributed by atoms with Gasteiger partial charge in [-0.05, 0) is 24.3 Å². The molecule has 0 aliphatic carbocycles. The van der Waals surface area contributed by atoms with E-state index in [0.29, 0.717) is 33.8 Å². The van der Waals surface area contributed by atoms with Crippen molar-refractivity contribution in [1.29, 1.82) is 0 Å². The van der Waals surface area contributed by atoms with Crippen molar-refractivity contribution in [3.8, 4) is 5.75 Å². The molecule has 0 N–H and O–H groups in total. The molecule has 5 nitrogen and oxygen atoms in total. The van der Waals surface area contributed by atoms with Crippen LogP contribution in [0.15, 0.2) is 57.9 Å². The van der Waals surface area contributed by atoms with Gasteiger partial charge in [0.1, 0.15) is 5.75 Å². The third-order valence-corrected chi connectivity index (χ3v) is 4.45. The van der Waals surface area contributed by atoms with Crippen LogP contribution < -0.4 is 4.74 Å². The monoisotopic (exact) mass is 360 g/mol. The SMILES string of the molecule is Cc1nc(CSc2ccccc2C(=O)Oc2ccccc2Cl)no1. The zero-order valence-electron chi connectivity index (χ0n) is 12.7. The molecular formula is C17H13ClN2O3S. The molecule has 0 aliphatic heterocycles. The summed E-state index contributed by atoms with van der Waals surface area (Å²) in [5.74, 6) is 1.45. The summed E-state index contributed by atoms with van der Waals surface area (Å²) in [6, 6.07) is 14.1. The van der Waals surface area contributed by atoms with Crippen molar-refractivity contribution < 1.29 is 14.1 Å². The van der Waals surface area contributed by atoms with Crippen LogP contribution in [-0.4, -0.2) is 16.1 Å². The molecule has 3 rings (SSSR count). The maximum Gasteiger partial charge on any atom is 0.344 e. The van der Waals surface area contributed by atoms with Crippen LogP contribution in [0.5, 0.6) is 5.75 Å². The highest BCUT2D eigenvalue weighted by Gasteiger charge is 2.16. The minimum atomic E-state index is -0.463. The number of ether oxygens (including phenoxy) is 1. The van der Waals surface area contributed by atoms with Crippen LogP contribution in [0.1, 0.15) is 22.1 Å².